The Balaban J connectivity index is 2.57. The van der Waals surface area contributed by atoms with Gasteiger partial charge in [-0.25, -0.2) is 0 Å². The van der Waals surface area contributed by atoms with E-state index in [0.29, 0.717) is 5.57 Å². The van der Waals surface area contributed by atoms with Crippen LogP contribution in [0.1, 0.15) is 18.1 Å². The molecule has 1 aliphatic carbocycles. The van der Waals surface area contributed by atoms with E-state index in [0.717, 1.165) is 22.0 Å². The lowest BCUT2D eigenvalue weighted by molar-refractivity contribution is -0.109. The maximum absolute atomic E-state index is 11.6. The minimum Gasteiger partial charge on any atom is -0.507 e. The Morgan fingerprint density at radius 1 is 1.31 bits per heavy atom. The molecule has 0 fully saturated rings. The average Bonchev–Trinajstić information content (AvgIpc) is 2.59. The van der Waals surface area contributed by atoms with Crippen molar-refractivity contribution in [1.29, 1.82) is 0 Å². The molecule has 0 heterocycles. The van der Waals surface area contributed by atoms with Crippen LogP contribution < -0.4 is 0 Å². The van der Waals surface area contributed by atoms with Crippen LogP contribution in [0, 0.1) is 0 Å². The Kier molecular flexibility index (Phi) is 2.97. The lowest BCUT2D eigenvalue weighted by atomic mass is 9.96. The maximum Gasteiger partial charge on any atom is 0.190 e. The van der Waals surface area contributed by atoms with Crippen molar-refractivity contribution in [3.63, 3.8) is 0 Å². The zero-order chi connectivity index (χ0) is 11.7. The number of ketones is 1. The summed E-state index contributed by atoms with van der Waals surface area (Å²) in [7, 11) is 0. The van der Waals surface area contributed by atoms with E-state index in [-0.39, 0.29) is 11.5 Å². The summed E-state index contributed by atoms with van der Waals surface area (Å²) in [5.41, 5.74) is 2.27. The number of halogens is 1. The molecule has 0 spiro atoms. The summed E-state index contributed by atoms with van der Waals surface area (Å²) in [5.74, 6) is -0.0726. The van der Waals surface area contributed by atoms with Crippen molar-refractivity contribution in [3.8, 4) is 0 Å². The number of aliphatic hydroxyl groups is 1. The van der Waals surface area contributed by atoms with Crippen molar-refractivity contribution >= 4 is 27.3 Å². The molecule has 0 unspecified atom stereocenters. The Labute approximate surface area is 102 Å². The lowest BCUT2D eigenvalue weighted by Crippen LogP contribution is -2.00. The predicted octanol–water partition coefficient (Wildman–Crippen LogP) is 3.42. The minimum absolute atomic E-state index is 0.0574. The third-order valence-corrected chi connectivity index (χ3v) is 3.11. The molecule has 0 amide bonds. The van der Waals surface area contributed by atoms with Crippen molar-refractivity contribution in [3.05, 3.63) is 51.7 Å². The number of carbonyl (C=O) groups excluding carboxylic acids is 1. The van der Waals surface area contributed by atoms with Crippen molar-refractivity contribution in [2.75, 3.05) is 0 Å². The maximum atomic E-state index is 11.6. The highest BCUT2D eigenvalue weighted by atomic mass is 79.9. The molecule has 0 saturated carbocycles. The van der Waals surface area contributed by atoms with Crippen molar-refractivity contribution in [2.45, 2.75) is 13.3 Å². The highest BCUT2D eigenvalue weighted by molar-refractivity contribution is 9.10. The topological polar surface area (TPSA) is 37.3 Å². The molecule has 0 bridgehead atoms. The number of benzene rings is 1. The molecule has 0 radical (unpaired) electrons. The molecule has 0 atom stereocenters. The summed E-state index contributed by atoms with van der Waals surface area (Å²) in [4.78, 5) is 11.6. The van der Waals surface area contributed by atoms with Gasteiger partial charge >= 0.3 is 0 Å². The van der Waals surface area contributed by atoms with Gasteiger partial charge in [-0.1, -0.05) is 28.9 Å². The quantitative estimate of drug-likeness (QED) is 0.900. The SMILES string of the molecule is CCc1cc(Br)ccc1C1=C(O)C=CC1=O. The zero-order valence-corrected chi connectivity index (χ0v) is 10.4. The molecule has 82 valence electrons. The molecular formula is C13H11BrO2. The van der Waals surface area contributed by atoms with Crippen molar-refractivity contribution in [2.24, 2.45) is 0 Å². The summed E-state index contributed by atoms with van der Waals surface area (Å²) in [6, 6.07) is 5.71. The van der Waals surface area contributed by atoms with E-state index in [4.69, 9.17) is 0 Å². The third kappa shape index (κ3) is 1.83. The number of allylic oxidation sites excluding steroid dienone is 3. The summed E-state index contributed by atoms with van der Waals surface area (Å²) < 4.78 is 0.978. The average molecular weight is 279 g/mol. The second kappa shape index (κ2) is 4.26. The molecule has 1 aromatic rings. The van der Waals surface area contributed by atoms with Crippen LogP contribution >= 0.6 is 15.9 Å². The fraction of sp³-hybridized carbons (Fsp3) is 0.154. The van der Waals surface area contributed by atoms with Gasteiger partial charge in [0.2, 0.25) is 0 Å². The first-order chi connectivity index (χ1) is 7.63. The van der Waals surface area contributed by atoms with Gasteiger partial charge in [0, 0.05) is 4.47 Å². The van der Waals surface area contributed by atoms with E-state index in [2.05, 4.69) is 15.9 Å². The van der Waals surface area contributed by atoms with Gasteiger partial charge in [0.1, 0.15) is 5.76 Å². The van der Waals surface area contributed by atoms with Gasteiger partial charge < -0.3 is 5.11 Å². The first kappa shape index (κ1) is 11.1. The van der Waals surface area contributed by atoms with E-state index >= 15 is 0 Å². The normalized spacial score (nSPS) is 15.0. The van der Waals surface area contributed by atoms with Gasteiger partial charge in [-0.3, -0.25) is 4.79 Å². The molecule has 2 rings (SSSR count). The smallest absolute Gasteiger partial charge is 0.190 e. The Hall–Kier alpha value is -1.35. The molecule has 16 heavy (non-hydrogen) atoms. The van der Waals surface area contributed by atoms with E-state index < -0.39 is 0 Å². The Morgan fingerprint density at radius 3 is 2.62 bits per heavy atom. The number of hydrogen-bond donors (Lipinski definition) is 1. The van der Waals surface area contributed by atoms with Gasteiger partial charge in [-0.15, -0.1) is 0 Å². The van der Waals surface area contributed by atoms with Crippen LogP contribution in [0.3, 0.4) is 0 Å². The van der Waals surface area contributed by atoms with Crippen LogP contribution in [0.15, 0.2) is 40.6 Å². The van der Waals surface area contributed by atoms with Crippen LogP contribution in [0.4, 0.5) is 0 Å². The number of rotatable bonds is 2. The summed E-state index contributed by atoms with van der Waals surface area (Å²) >= 11 is 3.40. The van der Waals surface area contributed by atoms with Gasteiger partial charge in [-0.05, 0) is 41.8 Å². The minimum atomic E-state index is -0.130. The molecule has 2 nitrogen and oxygen atoms in total. The van der Waals surface area contributed by atoms with E-state index in [1.54, 1.807) is 0 Å². The number of hydrogen-bond acceptors (Lipinski definition) is 2. The molecule has 1 N–H and O–H groups in total. The van der Waals surface area contributed by atoms with Gasteiger partial charge in [0.15, 0.2) is 5.78 Å². The summed E-state index contributed by atoms with van der Waals surface area (Å²) in [6.45, 7) is 2.02. The van der Waals surface area contributed by atoms with Crippen LogP contribution in [0.2, 0.25) is 0 Å². The monoisotopic (exact) mass is 278 g/mol. The van der Waals surface area contributed by atoms with Gasteiger partial charge in [0.05, 0.1) is 5.57 Å². The number of aryl methyl sites for hydroxylation is 1. The van der Waals surface area contributed by atoms with Crippen LogP contribution in [-0.4, -0.2) is 10.9 Å². The fourth-order valence-electron chi connectivity index (χ4n) is 1.82. The second-order valence-corrected chi connectivity index (χ2v) is 4.53. The summed E-state index contributed by atoms with van der Waals surface area (Å²) in [5, 5.41) is 9.66. The van der Waals surface area contributed by atoms with Crippen LogP contribution in [0.25, 0.3) is 5.57 Å². The molecule has 3 heteroatoms. The first-order valence-corrected chi connectivity index (χ1v) is 5.87. The highest BCUT2D eigenvalue weighted by Gasteiger charge is 2.21. The van der Waals surface area contributed by atoms with Gasteiger partial charge in [0.25, 0.3) is 0 Å². The molecule has 1 aromatic carbocycles. The predicted molar refractivity (Wildman–Crippen MR) is 67.2 cm³/mol. The molecule has 0 aromatic heterocycles. The third-order valence-electron chi connectivity index (χ3n) is 2.61. The second-order valence-electron chi connectivity index (χ2n) is 3.61. The van der Waals surface area contributed by atoms with Crippen LogP contribution in [-0.2, 0) is 11.2 Å². The molecular weight excluding hydrogens is 268 g/mol. The Morgan fingerprint density at radius 2 is 2.06 bits per heavy atom. The zero-order valence-electron chi connectivity index (χ0n) is 8.83. The Bertz CT molecular complexity index is 513. The van der Waals surface area contributed by atoms with E-state index in [9.17, 15) is 9.90 Å². The van der Waals surface area contributed by atoms with Gasteiger partial charge in [-0.2, -0.15) is 0 Å². The van der Waals surface area contributed by atoms with Crippen molar-refractivity contribution < 1.29 is 9.90 Å². The van der Waals surface area contributed by atoms with Crippen LogP contribution in [0.5, 0.6) is 0 Å². The highest BCUT2D eigenvalue weighted by Crippen LogP contribution is 2.29. The lowest BCUT2D eigenvalue weighted by Gasteiger charge is -2.09. The number of aliphatic hydroxyl groups excluding tert-OH is 1. The fourth-order valence-corrected chi connectivity index (χ4v) is 2.23. The largest absolute Gasteiger partial charge is 0.507 e. The number of carbonyl (C=O) groups is 1. The van der Waals surface area contributed by atoms with E-state index in [1.165, 1.54) is 12.2 Å². The van der Waals surface area contributed by atoms with Crippen molar-refractivity contribution in [1.82, 2.24) is 0 Å². The summed E-state index contributed by atoms with van der Waals surface area (Å²) in [6.07, 6.45) is 3.66. The first-order valence-electron chi connectivity index (χ1n) is 5.08. The molecule has 0 saturated heterocycles. The molecule has 0 aliphatic heterocycles. The standard InChI is InChI=1S/C13H11BrO2/c1-2-8-7-9(14)3-4-10(8)13-11(15)5-6-12(13)16/h3-7,15H,2H2,1H3. The molecule has 1 aliphatic rings. The van der Waals surface area contributed by atoms with E-state index in [1.807, 2.05) is 25.1 Å².